The number of nitrogens with one attached hydrogen (secondary N) is 1. The third kappa shape index (κ3) is 9.93. The van der Waals surface area contributed by atoms with Gasteiger partial charge in [0.05, 0.1) is 13.2 Å². The molecule has 1 atom stereocenters. The van der Waals surface area contributed by atoms with E-state index in [1.54, 1.807) is 20.8 Å². The fourth-order valence-corrected chi connectivity index (χ4v) is 1.24. The van der Waals surface area contributed by atoms with Gasteiger partial charge >= 0.3 is 12.1 Å². The number of primary amides is 1. The van der Waals surface area contributed by atoms with Crippen molar-refractivity contribution in [2.75, 3.05) is 7.11 Å². The molecule has 3 N–H and O–H groups in total. The molecule has 0 aliphatic rings. The minimum atomic E-state index is -0.638. The number of amides is 2. The third-order valence-electron chi connectivity index (χ3n) is 2.07. The Morgan fingerprint density at radius 1 is 1.30 bits per heavy atom. The van der Waals surface area contributed by atoms with E-state index in [0.717, 1.165) is 0 Å². The van der Waals surface area contributed by atoms with E-state index < -0.39 is 29.6 Å². The van der Waals surface area contributed by atoms with Crippen LogP contribution in [0.25, 0.3) is 0 Å². The molecule has 2 amide bonds. The van der Waals surface area contributed by atoms with Crippen molar-refractivity contribution < 1.29 is 23.9 Å². The minimum Gasteiger partial charge on any atom is -0.466 e. The standard InChI is InChI=1S/C13H22N2O5/c1-13(2,3)20-12(18)15-9(5-7-10(14)16)6-8-11(17)19-4/h6,8-9H,5,7H2,1-4H3,(H2,14,16)(H,15,18)/b8-6+. The smallest absolute Gasteiger partial charge is 0.408 e. The summed E-state index contributed by atoms with van der Waals surface area (Å²) >= 11 is 0. The highest BCUT2D eigenvalue weighted by Gasteiger charge is 2.18. The molecule has 0 saturated carbocycles. The molecule has 0 spiro atoms. The lowest BCUT2D eigenvalue weighted by atomic mass is 10.1. The summed E-state index contributed by atoms with van der Waals surface area (Å²) < 4.78 is 9.54. The van der Waals surface area contributed by atoms with Crippen LogP contribution >= 0.6 is 0 Å². The van der Waals surface area contributed by atoms with Crippen molar-refractivity contribution >= 4 is 18.0 Å². The molecule has 0 fully saturated rings. The van der Waals surface area contributed by atoms with Crippen LogP contribution in [0.4, 0.5) is 4.79 Å². The van der Waals surface area contributed by atoms with Gasteiger partial charge in [0.15, 0.2) is 0 Å². The third-order valence-corrected chi connectivity index (χ3v) is 2.07. The predicted molar refractivity (Wildman–Crippen MR) is 72.7 cm³/mol. The van der Waals surface area contributed by atoms with Crippen molar-refractivity contribution in [1.29, 1.82) is 0 Å². The van der Waals surface area contributed by atoms with Crippen molar-refractivity contribution in [3.63, 3.8) is 0 Å². The van der Waals surface area contributed by atoms with Crippen molar-refractivity contribution in [2.45, 2.75) is 45.3 Å². The van der Waals surface area contributed by atoms with Gasteiger partial charge in [-0.1, -0.05) is 6.08 Å². The predicted octanol–water partition coefficient (Wildman–Crippen LogP) is 0.874. The van der Waals surface area contributed by atoms with Crippen molar-refractivity contribution in [3.8, 4) is 0 Å². The number of ether oxygens (including phenoxy) is 2. The summed E-state index contributed by atoms with van der Waals surface area (Å²) in [5.74, 6) is -1.05. The van der Waals surface area contributed by atoms with Crippen LogP contribution in [0, 0.1) is 0 Å². The highest BCUT2D eigenvalue weighted by Crippen LogP contribution is 2.08. The topological polar surface area (TPSA) is 108 Å². The van der Waals surface area contributed by atoms with Gasteiger partial charge in [-0.3, -0.25) is 4.79 Å². The first-order valence-electron chi connectivity index (χ1n) is 6.18. The average Bonchev–Trinajstić information content (AvgIpc) is 2.29. The van der Waals surface area contributed by atoms with E-state index in [1.807, 2.05) is 0 Å². The molecule has 1 unspecified atom stereocenters. The number of alkyl carbamates (subject to hydrolysis) is 1. The van der Waals surface area contributed by atoms with Gasteiger partial charge in [-0.15, -0.1) is 0 Å². The van der Waals surface area contributed by atoms with Gasteiger partial charge in [0.1, 0.15) is 5.60 Å². The number of esters is 1. The van der Waals surface area contributed by atoms with Crippen LogP contribution in [0.5, 0.6) is 0 Å². The molecule has 0 rings (SSSR count). The van der Waals surface area contributed by atoms with Gasteiger partial charge < -0.3 is 20.5 Å². The zero-order chi connectivity index (χ0) is 15.8. The molecule has 0 bridgehead atoms. The van der Waals surface area contributed by atoms with Gasteiger partial charge in [0.25, 0.3) is 0 Å². The summed E-state index contributed by atoms with van der Waals surface area (Å²) in [4.78, 5) is 33.4. The summed E-state index contributed by atoms with van der Waals surface area (Å²) in [5, 5.41) is 2.54. The summed E-state index contributed by atoms with van der Waals surface area (Å²) in [6.45, 7) is 5.19. The van der Waals surface area contributed by atoms with Crippen molar-refractivity contribution in [3.05, 3.63) is 12.2 Å². The van der Waals surface area contributed by atoms with Gasteiger partial charge in [-0.05, 0) is 27.2 Å². The fraction of sp³-hybridized carbons (Fsp3) is 0.615. The molecule has 0 heterocycles. The maximum absolute atomic E-state index is 11.6. The van der Waals surface area contributed by atoms with Crippen LogP contribution in [0.1, 0.15) is 33.6 Å². The minimum absolute atomic E-state index is 0.0754. The van der Waals surface area contributed by atoms with Crippen LogP contribution in [0.2, 0.25) is 0 Å². The van der Waals surface area contributed by atoms with Gasteiger partial charge in [-0.25, -0.2) is 9.59 Å². The molecule has 0 radical (unpaired) electrons. The lowest BCUT2D eigenvalue weighted by Gasteiger charge is -2.22. The number of nitrogens with two attached hydrogens (primary N) is 1. The van der Waals surface area contributed by atoms with Crippen LogP contribution < -0.4 is 11.1 Å². The molecular weight excluding hydrogens is 264 g/mol. The first-order valence-corrected chi connectivity index (χ1v) is 6.18. The highest BCUT2D eigenvalue weighted by atomic mass is 16.6. The van der Waals surface area contributed by atoms with E-state index >= 15 is 0 Å². The van der Waals surface area contributed by atoms with E-state index in [1.165, 1.54) is 19.3 Å². The summed E-state index contributed by atoms with van der Waals surface area (Å²) in [5.41, 5.74) is 4.42. The van der Waals surface area contributed by atoms with Gasteiger partial charge in [0, 0.05) is 12.5 Å². The quantitative estimate of drug-likeness (QED) is 0.556. The molecular formula is C13H22N2O5. The maximum atomic E-state index is 11.6. The SMILES string of the molecule is COC(=O)/C=C/C(CCC(N)=O)NC(=O)OC(C)(C)C. The maximum Gasteiger partial charge on any atom is 0.408 e. The van der Waals surface area contributed by atoms with E-state index in [9.17, 15) is 14.4 Å². The summed E-state index contributed by atoms with van der Waals surface area (Å²) in [6, 6.07) is -0.545. The highest BCUT2D eigenvalue weighted by molar-refractivity contribution is 5.82. The molecule has 7 nitrogen and oxygen atoms in total. The van der Waals surface area contributed by atoms with E-state index in [-0.39, 0.29) is 12.8 Å². The number of carbonyl (C=O) groups excluding carboxylic acids is 3. The monoisotopic (exact) mass is 286 g/mol. The second-order valence-electron chi connectivity index (χ2n) is 5.14. The Morgan fingerprint density at radius 3 is 2.35 bits per heavy atom. The first kappa shape index (κ1) is 17.9. The zero-order valence-electron chi connectivity index (χ0n) is 12.3. The fourth-order valence-electron chi connectivity index (χ4n) is 1.24. The lowest BCUT2D eigenvalue weighted by Crippen LogP contribution is -2.38. The van der Waals surface area contributed by atoms with Crippen molar-refractivity contribution in [2.24, 2.45) is 5.73 Å². The van der Waals surface area contributed by atoms with Crippen molar-refractivity contribution in [1.82, 2.24) is 5.32 Å². The second-order valence-corrected chi connectivity index (χ2v) is 5.14. The molecule has 0 aromatic rings. The molecule has 20 heavy (non-hydrogen) atoms. The van der Waals surface area contributed by atoms with Gasteiger partial charge in [0.2, 0.25) is 5.91 Å². The first-order chi connectivity index (χ1) is 9.14. The number of hydrogen-bond acceptors (Lipinski definition) is 5. The van der Waals surface area contributed by atoms with Crippen LogP contribution in [0.15, 0.2) is 12.2 Å². The van der Waals surface area contributed by atoms with E-state index in [4.69, 9.17) is 10.5 Å². The molecule has 0 aliphatic carbocycles. The Balaban J connectivity index is 4.59. The van der Waals surface area contributed by atoms with Crippen LogP contribution in [-0.4, -0.2) is 36.7 Å². The molecule has 0 aliphatic heterocycles. The Kier molecular flexibility index (Phi) is 7.35. The van der Waals surface area contributed by atoms with Crippen LogP contribution in [0.3, 0.4) is 0 Å². The zero-order valence-corrected chi connectivity index (χ0v) is 12.3. The number of carbonyl (C=O) groups is 3. The Bertz CT molecular complexity index is 385. The van der Waals surface area contributed by atoms with Crippen LogP contribution in [-0.2, 0) is 19.1 Å². The number of hydrogen-bond donors (Lipinski definition) is 2. The molecule has 0 aromatic heterocycles. The van der Waals surface area contributed by atoms with E-state index in [0.29, 0.717) is 0 Å². The summed E-state index contributed by atoms with van der Waals surface area (Å²) in [6.07, 6.45) is 2.30. The largest absolute Gasteiger partial charge is 0.466 e. The summed E-state index contributed by atoms with van der Waals surface area (Å²) in [7, 11) is 1.24. The molecule has 0 saturated heterocycles. The normalized spacial score (nSPS) is 12.8. The Labute approximate surface area is 118 Å². The second kappa shape index (κ2) is 8.19. The number of rotatable bonds is 6. The Morgan fingerprint density at radius 2 is 1.90 bits per heavy atom. The molecule has 114 valence electrons. The average molecular weight is 286 g/mol. The van der Waals surface area contributed by atoms with Gasteiger partial charge in [-0.2, -0.15) is 0 Å². The molecule has 7 heteroatoms. The lowest BCUT2D eigenvalue weighted by molar-refractivity contribution is -0.134. The van der Waals surface area contributed by atoms with E-state index in [2.05, 4.69) is 10.1 Å². The molecule has 0 aromatic carbocycles. The number of methoxy groups -OCH3 is 1. The Hall–Kier alpha value is -2.05.